The lowest BCUT2D eigenvalue weighted by Crippen LogP contribution is -2.15. The lowest BCUT2D eigenvalue weighted by Gasteiger charge is -2.05. The van der Waals surface area contributed by atoms with Gasteiger partial charge in [0.1, 0.15) is 11.3 Å². The monoisotopic (exact) mass is 345 g/mol. The van der Waals surface area contributed by atoms with Crippen LogP contribution in [0.4, 0.5) is 0 Å². The van der Waals surface area contributed by atoms with Gasteiger partial charge in [0.05, 0.1) is 11.1 Å². The van der Waals surface area contributed by atoms with Crippen LogP contribution >= 0.6 is 0 Å². The minimum atomic E-state index is -1.00. The smallest absolute Gasteiger partial charge is 0.337 e. The number of hydrogen-bond donors (Lipinski definition) is 2. The summed E-state index contributed by atoms with van der Waals surface area (Å²) in [6.45, 7) is 1.85. The van der Waals surface area contributed by atoms with E-state index in [0.717, 1.165) is 16.8 Å². The van der Waals surface area contributed by atoms with Crippen molar-refractivity contribution in [2.24, 2.45) is 0 Å². The molecule has 0 saturated heterocycles. The van der Waals surface area contributed by atoms with Crippen LogP contribution in [0.2, 0.25) is 0 Å². The molecule has 0 aliphatic heterocycles. The maximum atomic E-state index is 11.9. The van der Waals surface area contributed by atoms with Crippen molar-refractivity contribution in [2.45, 2.75) is 6.92 Å². The second-order valence-electron chi connectivity index (χ2n) is 6.05. The van der Waals surface area contributed by atoms with Gasteiger partial charge < -0.3 is 10.1 Å². The number of hydrogen-bond acceptors (Lipinski definition) is 3. The van der Waals surface area contributed by atoms with Crippen LogP contribution in [0.1, 0.15) is 15.9 Å². The van der Waals surface area contributed by atoms with Crippen molar-refractivity contribution < 1.29 is 9.90 Å². The van der Waals surface area contributed by atoms with Crippen molar-refractivity contribution in [3.05, 3.63) is 82.3 Å². The molecular formula is C20H15N3O3. The molecule has 0 unspecified atom stereocenters. The number of imidazole rings is 1. The Labute approximate surface area is 148 Å². The van der Waals surface area contributed by atoms with E-state index in [1.807, 2.05) is 37.3 Å². The van der Waals surface area contributed by atoms with Gasteiger partial charge in [0.15, 0.2) is 0 Å². The second kappa shape index (κ2) is 6.00. The van der Waals surface area contributed by atoms with Gasteiger partial charge in [-0.3, -0.25) is 9.36 Å². The summed E-state index contributed by atoms with van der Waals surface area (Å²) in [5, 5.41) is 9.39. The number of aromatic nitrogens is 3. The summed E-state index contributed by atoms with van der Waals surface area (Å²) >= 11 is 0. The fourth-order valence-corrected chi connectivity index (χ4v) is 2.98. The first-order valence-corrected chi connectivity index (χ1v) is 8.05. The highest BCUT2D eigenvalue weighted by Crippen LogP contribution is 2.25. The van der Waals surface area contributed by atoms with Gasteiger partial charge in [-0.25, -0.2) is 9.78 Å². The molecule has 6 nitrogen and oxygen atoms in total. The summed E-state index contributed by atoms with van der Waals surface area (Å²) in [7, 11) is 0. The summed E-state index contributed by atoms with van der Waals surface area (Å²) in [5.74, 6) is -0.421. The number of carboxylic acids is 1. The van der Waals surface area contributed by atoms with E-state index in [1.165, 1.54) is 6.07 Å². The van der Waals surface area contributed by atoms with Gasteiger partial charge in [0.25, 0.3) is 5.56 Å². The molecule has 0 amide bonds. The van der Waals surface area contributed by atoms with Gasteiger partial charge in [-0.1, -0.05) is 6.07 Å². The zero-order chi connectivity index (χ0) is 18.3. The number of aromatic carboxylic acids is 1. The molecule has 0 saturated carbocycles. The van der Waals surface area contributed by atoms with Crippen molar-refractivity contribution in [2.75, 3.05) is 0 Å². The van der Waals surface area contributed by atoms with Crippen LogP contribution in [-0.4, -0.2) is 25.6 Å². The van der Waals surface area contributed by atoms with E-state index in [1.54, 1.807) is 29.0 Å². The van der Waals surface area contributed by atoms with Crippen LogP contribution in [0.25, 0.3) is 28.1 Å². The number of carboxylic acid groups (broad SMARTS) is 1. The average molecular weight is 345 g/mol. The lowest BCUT2D eigenvalue weighted by molar-refractivity contribution is 0.0698. The molecule has 128 valence electrons. The van der Waals surface area contributed by atoms with Crippen LogP contribution in [0.15, 0.2) is 65.6 Å². The predicted octanol–water partition coefficient (Wildman–Crippen LogP) is 3.39. The first-order valence-electron chi connectivity index (χ1n) is 8.05. The average Bonchev–Trinajstić information content (AvgIpc) is 3.05. The van der Waals surface area contributed by atoms with Gasteiger partial charge in [0.2, 0.25) is 0 Å². The van der Waals surface area contributed by atoms with E-state index in [0.29, 0.717) is 16.9 Å². The molecule has 0 spiro atoms. The maximum absolute atomic E-state index is 11.9. The molecule has 0 radical (unpaired) electrons. The van der Waals surface area contributed by atoms with Gasteiger partial charge in [-0.15, -0.1) is 0 Å². The van der Waals surface area contributed by atoms with Crippen LogP contribution < -0.4 is 5.56 Å². The third-order valence-electron chi connectivity index (χ3n) is 4.20. The normalized spacial score (nSPS) is 11.0. The van der Waals surface area contributed by atoms with Gasteiger partial charge >= 0.3 is 5.97 Å². The molecule has 0 fully saturated rings. The van der Waals surface area contributed by atoms with Gasteiger partial charge in [-0.05, 0) is 55.0 Å². The van der Waals surface area contributed by atoms with Crippen LogP contribution in [0, 0.1) is 6.92 Å². The molecule has 0 aliphatic rings. The highest BCUT2D eigenvalue weighted by molar-refractivity contribution is 6.02. The fraction of sp³-hybridized carbons (Fsp3) is 0.0500. The number of aromatic amines is 1. The molecule has 0 bridgehead atoms. The van der Waals surface area contributed by atoms with Crippen molar-refractivity contribution in [1.29, 1.82) is 0 Å². The molecule has 26 heavy (non-hydrogen) atoms. The number of fused-ring (bicyclic) bond motifs is 1. The Bertz CT molecular complexity index is 1190. The molecule has 0 atom stereocenters. The number of nitrogens with one attached hydrogen (secondary N) is 1. The number of nitrogens with zero attached hydrogens (tertiary/aromatic N) is 2. The molecule has 2 aromatic heterocycles. The molecule has 2 heterocycles. The number of H-pyrrole nitrogens is 1. The van der Waals surface area contributed by atoms with Crippen LogP contribution in [0.3, 0.4) is 0 Å². The quantitative estimate of drug-likeness (QED) is 0.596. The molecule has 0 aliphatic carbocycles. The van der Waals surface area contributed by atoms with Gasteiger partial charge in [-0.2, -0.15) is 0 Å². The fourth-order valence-electron chi connectivity index (χ4n) is 2.98. The van der Waals surface area contributed by atoms with E-state index in [4.69, 9.17) is 0 Å². The zero-order valence-corrected chi connectivity index (χ0v) is 13.9. The van der Waals surface area contributed by atoms with Crippen molar-refractivity contribution in [3.8, 4) is 17.1 Å². The highest BCUT2D eigenvalue weighted by atomic mass is 16.4. The standard InChI is InChI=1S/C20H15N3O3/c1-12-10-15(20(25)26)18-16(11-12)21-19(22-18)13-5-7-14(8-6-13)23-9-3-2-4-17(23)24/h2-11H,1H3,(H,21,22)(H,25,26). The topological polar surface area (TPSA) is 88.0 Å². The Hall–Kier alpha value is -3.67. The molecule has 2 aromatic carbocycles. The molecule has 6 heteroatoms. The molecule has 4 rings (SSSR count). The molecule has 2 N–H and O–H groups in total. The summed E-state index contributed by atoms with van der Waals surface area (Å²) in [6, 6.07) is 15.8. The third-order valence-corrected chi connectivity index (χ3v) is 4.20. The largest absolute Gasteiger partial charge is 0.478 e. The number of pyridine rings is 1. The van der Waals surface area contributed by atoms with Crippen molar-refractivity contribution in [1.82, 2.24) is 14.5 Å². The SMILES string of the molecule is Cc1cc(C(=O)O)c2nc(-c3ccc(-n4ccccc4=O)cc3)[nH]c2c1. The third kappa shape index (κ3) is 2.67. The first-order chi connectivity index (χ1) is 12.5. The Balaban J connectivity index is 1.79. The minimum Gasteiger partial charge on any atom is -0.478 e. The number of carbonyl (C=O) groups is 1. The lowest BCUT2D eigenvalue weighted by atomic mass is 10.1. The summed E-state index contributed by atoms with van der Waals surface area (Å²) in [5.41, 5.74) is 3.59. The summed E-state index contributed by atoms with van der Waals surface area (Å²) < 4.78 is 1.55. The van der Waals surface area contributed by atoms with E-state index in [2.05, 4.69) is 9.97 Å². The Morgan fingerprint density at radius 2 is 1.88 bits per heavy atom. The van der Waals surface area contributed by atoms with Gasteiger partial charge in [0, 0.05) is 23.5 Å². The predicted molar refractivity (Wildman–Crippen MR) is 98.8 cm³/mol. The zero-order valence-electron chi connectivity index (χ0n) is 13.9. The summed E-state index contributed by atoms with van der Waals surface area (Å²) in [6.07, 6.45) is 1.71. The number of aryl methyl sites for hydroxylation is 1. The van der Waals surface area contributed by atoms with Crippen LogP contribution in [0.5, 0.6) is 0 Å². The first kappa shape index (κ1) is 15.8. The highest BCUT2D eigenvalue weighted by Gasteiger charge is 2.14. The van der Waals surface area contributed by atoms with E-state index >= 15 is 0 Å². The Morgan fingerprint density at radius 1 is 1.12 bits per heavy atom. The van der Waals surface area contributed by atoms with E-state index < -0.39 is 5.97 Å². The van der Waals surface area contributed by atoms with Crippen LogP contribution in [-0.2, 0) is 0 Å². The van der Waals surface area contributed by atoms with Crippen molar-refractivity contribution >= 4 is 17.0 Å². The minimum absolute atomic E-state index is 0.106. The Morgan fingerprint density at radius 3 is 2.58 bits per heavy atom. The number of rotatable bonds is 3. The number of benzene rings is 2. The second-order valence-corrected chi connectivity index (χ2v) is 6.05. The molecular weight excluding hydrogens is 330 g/mol. The van der Waals surface area contributed by atoms with Crippen molar-refractivity contribution in [3.63, 3.8) is 0 Å². The summed E-state index contributed by atoms with van der Waals surface area (Å²) in [4.78, 5) is 31.0. The van der Waals surface area contributed by atoms with E-state index in [9.17, 15) is 14.7 Å². The molecule has 4 aromatic rings. The Kier molecular flexibility index (Phi) is 3.65. The maximum Gasteiger partial charge on any atom is 0.337 e. The van der Waals surface area contributed by atoms with E-state index in [-0.39, 0.29) is 11.1 Å².